The summed E-state index contributed by atoms with van der Waals surface area (Å²) in [7, 11) is 1.62. The maximum absolute atomic E-state index is 5.50. The van der Waals surface area contributed by atoms with Gasteiger partial charge in [0.25, 0.3) is 0 Å². The number of terminal acetylenes is 1. The first kappa shape index (κ1) is 14.1. The van der Waals surface area contributed by atoms with Gasteiger partial charge in [0.2, 0.25) is 5.82 Å². The first-order chi connectivity index (χ1) is 11.8. The number of H-pyrrole nitrogens is 1. The normalized spacial score (nSPS) is 10.7. The van der Waals surface area contributed by atoms with Gasteiger partial charge in [-0.2, -0.15) is 0 Å². The predicted molar refractivity (Wildman–Crippen MR) is 95.6 cm³/mol. The van der Waals surface area contributed by atoms with Crippen LogP contribution in [-0.4, -0.2) is 22.1 Å². The molecule has 2 aromatic heterocycles. The SMILES string of the molecule is C#Cc1nc(Nc2ccc3[nH]ccc3c2)c2ccc(OC)cc2n1. The lowest BCUT2D eigenvalue weighted by Crippen LogP contribution is -2.00. The highest BCUT2D eigenvalue weighted by molar-refractivity contribution is 5.93. The number of ether oxygens (including phenoxy) is 1. The van der Waals surface area contributed by atoms with Crippen LogP contribution in [0.15, 0.2) is 48.7 Å². The molecule has 0 amide bonds. The molecule has 0 aliphatic heterocycles. The van der Waals surface area contributed by atoms with E-state index >= 15 is 0 Å². The highest BCUT2D eigenvalue weighted by Gasteiger charge is 2.09. The molecule has 0 saturated carbocycles. The van der Waals surface area contributed by atoms with E-state index in [0.717, 1.165) is 33.2 Å². The molecule has 2 aromatic carbocycles. The summed E-state index contributed by atoms with van der Waals surface area (Å²) >= 11 is 0. The first-order valence-electron chi connectivity index (χ1n) is 7.43. The standard InChI is InChI=1S/C19H14N4O/c1-3-18-22-17-11-14(24-2)5-6-15(17)19(23-18)21-13-4-7-16-12(10-13)8-9-20-16/h1,4-11,20H,2H3,(H,21,22,23). The van der Waals surface area contributed by atoms with Crippen molar-refractivity contribution in [3.63, 3.8) is 0 Å². The molecule has 0 spiro atoms. The van der Waals surface area contributed by atoms with E-state index in [0.29, 0.717) is 11.6 Å². The zero-order valence-electron chi connectivity index (χ0n) is 13.0. The number of aromatic amines is 1. The molecule has 0 aliphatic rings. The van der Waals surface area contributed by atoms with Crippen molar-refractivity contribution in [1.82, 2.24) is 15.0 Å². The van der Waals surface area contributed by atoms with E-state index in [4.69, 9.17) is 11.2 Å². The van der Waals surface area contributed by atoms with Crippen molar-refractivity contribution < 1.29 is 4.74 Å². The number of nitrogens with zero attached hydrogens (tertiary/aromatic N) is 2. The van der Waals surface area contributed by atoms with Crippen LogP contribution in [0.3, 0.4) is 0 Å². The average Bonchev–Trinajstić information content (AvgIpc) is 3.08. The van der Waals surface area contributed by atoms with Crippen LogP contribution in [0.2, 0.25) is 0 Å². The van der Waals surface area contributed by atoms with Crippen LogP contribution in [0.4, 0.5) is 11.5 Å². The predicted octanol–water partition coefficient (Wildman–Crippen LogP) is 3.84. The average molecular weight is 314 g/mol. The van der Waals surface area contributed by atoms with Crippen LogP contribution in [0, 0.1) is 12.3 Å². The van der Waals surface area contributed by atoms with E-state index in [1.54, 1.807) is 7.11 Å². The van der Waals surface area contributed by atoms with Crippen molar-refractivity contribution in [1.29, 1.82) is 0 Å². The Morgan fingerprint density at radius 1 is 1.12 bits per heavy atom. The molecule has 0 unspecified atom stereocenters. The van der Waals surface area contributed by atoms with Crippen molar-refractivity contribution in [2.45, 2.75) is 0 Å². The highest BCUT2D eigenvalue weighted by atomic mass is 16.5. The van der Waals surface area contributed by atoms with Gasteiger partial charge in [-0.05, 0) is 42.3 Å². The van der Waals surface area contributed by atoms with Crippen molar-refractivity contribution >= 4 is 33.3 Å². The smallest absolute Gasteiger partial charge is 0.207 e. The number of fused-ring (bicyclic) bond motifs is 2. The zero-order chi connectivity index (χ0) is 16.5. The number of hydrogen-bond donors (Lipinski definition) is 2. The molecular weight excluding hydrogens is 300 g/mol. The van der Waals surface area contributed by atoms with E-state index < -0.39 is 0 Å². The van der Waals surface area contributed by atoms with E-state index in [1.165, 1.54) is 0 Å². The summed E-state index contributed by atoms with van der Waals surface area (Å²) in [5.41, 5.74) is 2.76. The Morgan fingerprint density at radius 3 is 2.88 bits per heavy atom. The summed E-state index contributed by atoms with van der Waals surface area (Å²) in [5.74, 6) is 4.23. The van der Waals surface area contributed by atoms with Crippen LogP contribution in [0.1, 0.15) is 5.82 Å². The lowest BCUT2D eigenvalue weighted by Gasteiger charge is -2.10. The van der Waals surface area contributed by atoms with Crippen molar-refractivity contribution in [2.75, 3.05) is 12.4 Å². The molecule has 0 radical (unpaired) electrons. The Labute approximate surface area is 138 Å². The Balaban J connectivity index is 1.83. The minimum atomic E-state index is 0.334. The number of nitrogens with one attached hydrogen (secondary N) is 2. The third-order valence-corrected chi connectivity index (χ3v) is 3.85. The lowest BCUT2D eigenvalue weighted by molar-refractivity contribution is 0.415. The van der Waals surface area contributed by atoms with Crippen molar-refractivity contribution in [2.24, 2.45) is 0 Å². The van der Waals surface area contributed by atoms with Gasteiger partial charge < -0.3 is 15.0 Å². The molecule has 24 heavy (non-hydrogen) atoms. The van der Waals surface area contributed by atoms with Gasteiger partial charge in [-0.15, -0.1) is 6.42 Å². The second-order valence-corrected chi connectivity index (χ2v) is 5.33. The van der Waals surface area contributed by atoms with Gasteiger partial charge in [-0.3, -0.25) is 0 Å². The van der Waals surface area contributed by atoms with Crippen LogP contribution >= 0.6 is 0 Å². The first-order valence-corrected chi connectivity index (χ1v) is 7.43. The third-order valence-electron chi connectivity index (χ3n) is 3.85. The van der Waals surface area contributed by atoms with E-state index in [2.05, 4.69) is 32.3 Å². The summed E-state index contributed by atoms with van der Waals surface area (Å²) in [6.07, 6.45) is 7.41. The Kier molecular flexibility index (Phi) is 3.29. The second-order valence-electron chi connectivity index (χ2n) is 5.33. The monoisotopic (exact) mass is 314 g/mol. The molecule has 2 heterocycles. The maximum atomic E-state index is 5.50. The maximum Gasteiger partial charge on any atom is 0.207 e. The van der Waals surface area contributed by atoms with Crippen molar-refractivity contribution in [3.8, 4) is 18.1 Å². The van der Waals surface area contributed by atoms with Crippen LogP contribution < -0.4 is 10.1 Å². The molecule has 5 nitrogen and oxygen atoms in total. The molecule has 0 bridgehead atoms. The van der Waals surface area contributed by atoms with E-state index in [9.17, 15) is 0 Å². The van der Waals surface area contributed by atoms with Gasteiger partial charge >= 0.3 is 0 Å². The van der Waals surface area contributed by atoms with Gasteiger partial charge in [0, 0.05) is 34.2 Å². The van der Waals surface area contributed by atoms with Gasteiger partial charge in [0.1, 0.15) is 11.6 Å². The Hall–Kier alpha value is -3.52. The van der Waals surface area contributed by atoms with E-state index in [-0.39, 0.29) is 0 Å². The van der Waals surface area contributed by atoms with Crippen molar-refractivity contribution in [3.05, 3.63) is 54.5 Å². The topological polar surface area (TPSA) is 62.8 Å². The zero-order valence-corrected chi connectivity index (χ0v) is 13.0. The molecule has 116 valence electrons. The number of aromatic nitrogens is 3. The number of anilines is 2. The molecule has 5 heteroatoms. The molecule has 4 rings (SSSR count). The second kappa shape index (κ2) is 5.60. The Bertz CT molecular complexity index is 1090. The number of benzene rings is 2. The number of rotatable bonds is 3. The van der Waals surface area contributed by atoms with Gasteiger partial charge in [0.05, 0.1) is 12.6 Å². The molecule has 0 fully saturated rings. The van der Waals surface area contributed by atoms with Gasteiger partial charge in [-0.1, -0.05) is 0 Å². The van der Waals surface area contributed by atoms with Gasteiger partial charge in [-0.25, -0.2) is 9.97 Å². The number of methoxy groups -OCH3 is 1. The minimum absolute atomic E-state index is 0.334. The summed E-state index contributed by atoms with van der Waals surface area (Å²) < 4.78 is 5.26. The minimum Gasteiger partial charge on any atom is -0.497 e. The largest absolute Gasteiger partial charge is 0.497 e. The van der Waals surface area contributed by atoms with Gasteiger partial charge in [0.15, 0.2) is 0 Å². The van der Waals surface area contributed by atoms with Crippen LogP contribution in [-0.2, 0) is 0 Å². The molecular formula is C19H14N4O. The summed E-state index contributed by atoms with van der Waals surface area (Å²) in [6, 6.07) is 13.7. The van der Waals surface area contributed by atoms with Crippen LogP contribution in [0.5, 0.6) is 5.75 Å². The summed E-state index contributed by atoms with van der Waals surface area (Å²) in [6.45, 7) is 0. The number of hydrogen-bond acceptors (Lipinski definition) is 4. The fourth-order valence-electron chi connectivity index (χ4n) is 2.66. The third kappa shape index (κ3) is 2.40. The highest BCUT2D eigenvalue weighted by Crippen LogP contribution is 2.28. The molecule has 4 aromatic rings. The molecule has 0 aliphatic carbocycles. The fourth-order valence-corrected chi connectivity index (χ4v) is 2.66. The van der Waals surface area contributed by atoms with E-state index in [1.807, 2.05) is 42.6 Å². The fraction of sp³-hybridized carbons (Fsp3) is 0.0526. The molecule has 2 N–H and O–H groups in total. The molecule has 0 saturated heterocycles. The quantitative estimate of drug-likeness (QED) is 0.564. The Morgan fingerprint density at radius 2 is 2.04 bits per heavy atom. The molecule has 0 atom stereocenters. The van der Waals surface area contributed by atoms with Crippen LogP contribution in [0.25, 0.3) is 21.8 Å². The summed E-state index contributed by atoms with van der Waals surface area (Å²) in [5, 5.41) is 5.34. The lowest BCUT2D eigenvalue weighted by atomic mass is 10.2. The summed E-state index contributed by atoms with van der Waals surface area (Å²) in [4.78, 5) is 12.0.